The van der Waals surface area contributed by atoms with Crippen LogP contribution in [0.5, 0.6) is 0 Å². The van der Waals surface area contributed by atoms with Crippen molar-refractivity contribution in [2.24, 2.45) is 0 Å². The summed E-state index contributed by atoms with van der Waals surface area (Å²) in [5, 5.41) is 16.0. The maximum Gasteiger partial charge on any atom is 0.126 e. The van der Waals surface area contributed by atoms with E-state index in [2.05, 4.69) is 21.7 Å². The Labute approximate surface area is 137 Å². The Hall–Kier alpha value is -2.38. The van der Waals surface area contributed by atoms with Crippen molar-refractivity contribution >= 4 is 5.82 Å². The highest BCUT2D eigenvalue weighted by atomic mass is 15.0. The molecule has 1 heterocycles. The molecule has 0 saturated heterocycles. The van der Waals surface area contributed by atoms with Gasteiger partial charge in [-0.3, -0.25) is 0 Å². The molecule has 4 heteroatoms. The summed E-state index contributed by atoms with van der Waals surface area (Å²) in [6.45, 7) is 0.870. The Morgan fingerprint density at radius 3 is 2.39 bits per heavy atom. The first kappa shape index (κ1) is 15.5. The minimum Gasteiger partial charge on any atom is -0.367 e. The van der Waals surface area contributed by atoms with Crippen LogP contribution in [0.1, 0.15) is 36.8 Å². The average Bonchev–Trinajstić information content (AvgIpc) is 2.62. The molecule has 0 atom stereocenters. The molecule has 2 aromatic rings. The van der Waals surface area contributed by atoms with Crippen LogP contribution in [0.2, 0.25) is 0 Å². The molecule has 4 nitrogen and oxygen atoms in total. The first-order chi connectivity index (χ1) is 11.3. The number of nitrogens with one attached hydrogen (secondary N) is 2. The lowest BCUT2D eigenvalue weighted by Crippen LogP contribution is -2.36. The van der Waals surface area contributed by atoms with E-state index in [1.165, 1.54) is 31.2 Å². The number of nitriles is 1. The second kappa shape index (κ2) is 7.75. The largest absolute Gasteiger partial charge is 0.367 e. The molecule has 0 unspecified atom stereocenters. The maximum absolute atomic E-state index is 8.82. The lowest BCUT2D eigenvalue weighted by atomic mass is 9.91. The van der Waals surface area contributed by atoms with Crippen molar-refractivity contribution in [2.45, 2.75) is 44.3 Å². The van der Waals surface area contributed by atoms with Crippen LogP contribution >= 0.6 is 0 Å². The molecule has 0 amide bonds. The molecule has 1 aromatic carbocycles. The van der Waals surface area contributed by atoms with E-state index in [4.69, 9.17) is 5.26 Å². The van der Waals surface area contributed by atoms with Crippen LogP contribution < -0.4 is 10.6 Å². The first-order valence-corrected chi connectivity index (χ1v) is 8.23. The summed E-state index contributed by atoms with van der Waals surface area (Å²) in [4.78, 5) is 4.33. The van der Waals surface area contributed by atoms with Gasteiger partial charge in [0.2, 0.25) is 0 Å². The van der Waals surface area contributed by atoms with Gasteiger partial charge in [-0.15, -0.1) is 0 Å². The highest BCUT2D eigenvalue weighted by Gasteiger charge is 2.20. The van der Waals surface area contributed by atoms with E-state index in [1.54, 1.807) is 0 Å². The van der Waals surface area contributed by atoms with Gasteiger partial charge in [0.05, 0.1) is 11.6 Å². The number of hydrogen-bond donors (Lipinski definition) is 2. The fourth-order valence-corrected chi connectivity index (χ4v) is 3.06. The highest BCUT2D eigenvalue weighted by molar-refractivity contribution is 5.34. The Morgan fingerprint density at radius 1 is 1.00 bits per heavy atom. The normalized spacial score (nSPS) is 20.7. The first-order valence-electron chi connectivity index (χ1n) is 8.23. The third kappa shape index (κ3) is 4.54. The predicted octanol–water partition coefficient (Wildman–Crippen LogP) is 3.47. The Morgan fingerprint density at radius 2 is 1.74 bits per heavy atom. The number of aromatic nitrogens is 1. The fourth-order valence-electron chi connectivity index (χ4n) is 3.06. The van der Waals surface area contributed by atoms with E-state index in [1.807, 2.05) is 48.7 Å². The van der Waals surface area contributed by atoms with Gasteiger partial charge < -0.3 is 10.6 Å². The standard InChI is InChI=1S/C19H22N4/c20-13-15-4-6-16(7-5-15)14-22-17-8-10-18(11-9-17)23-19-3-1-2-12-21-19/h1-7,12,17-18,22H,8-11,14H2,(H,21,23). The van der Waals surface area contributed by atoms with E-state index in [0.29, 0.717) is 12.1 Å². The summed E-state index contributed by atoms with van der Waals surface area (Å²) < 4.78 is 0. The highest BCUT2D eigenvalue weighted by Crippen LogP contribution is 2.21. The van der Waals surface area contributed by atoms with Crippen molar-refractivity contribution in [3.63, 3.8) is 0 Å². The van der Waals surface area contributed by atoms with E-state index < -0.39 is 0 Å². The van der Waals surface area contributed by atoms with Gasteiger partial charge in [-0.05, 0) is 55.5 Å². The van der Waals surface area contributed by atoms with Crippen molar-refractivity contribution < 1.29 is 0 Å². The lowest BCUT2D eigenvalue weighted by molar-refractivity contribution is 0.352. The number of nitrogens with zero attached hydrogens (tertiary/aromatic N) is 2. The third-order valence-corrected chi connectivity index (χ3v) is 4.42. The second-order valence-corrected chi connectivity index (χ2v) is 6.10. The van der Waals surface area contributed by atoms with E-state index >= 15 is 0 Å². The molecule has 23 heavy (non-hydrogen) atoms. The van der Waals surface area contributed by atoms with Crippen molar-refractivity contribution in [2.75, 3.05) is 5.32 Å². The summed E-state index contributed by atoms with van der Waals surface area (Å²) in [7, 11) is 0. The molecule has 0 bridgehead atoms. The Bertz CT molecular complexity index is 637. The number of rotatable bonds is 5. The van der Waals surface area contributed by atoms with Crippen LogP contribution in [0.25, 0.3) is 0 Å². The molecule has 3 rings (SSSR count). The molecule has 1 saturated carbocycles. The summed E-state index contributed by atoms with van der Waals surface area (Å²) in [5.41, 5.74) is 1.95. The minimum absolute atomic E-state index is 0.526. The molecular formula is C19H22N4. The van der Waals surface area contributed by atoms with Crippen LogP contribution in [0.4, 0.5) is 5.82 Å². The topological polar surface area (TPSA) is 60.7 Å². The zero-order valence-corrected chi connectivity index (χ0v) is 13.2. The summed E-state index contributed by atoms with van der Waals surface area (Å²) >= 11 is 0. The van der Waals surface area contributed by atoms with Gasteiger partial charge >= 0.3 is 0 Å². The summed E-state index contributed by atoms with van der Waals surface area (Å²) in [5.74, 6) is 0.974. The summed E-state index contributed by atoms with van der Waals surface area (Å²) in [6.07, 6.45) is 6.53. The molecule has 1 aliphatic carbocycles. The van der Waals surface area contributed by atoms with E-state index in [9.17, 15) is 0 Å². The van der Waals surface area contributed by atoms with Crippen molar-refractivity contribution in [3.05, 3.63) is 59.8 Å². The smallest absolute Gasteiger partial charge is 0.126 e. The lowest BCUT2D eigenvalue weighted by Gasteiger charge is -2.30. The van der Waals surface area contributed by atoms with Crippen molar-refractivity contribution in [1.82, 2.24) is 10.3 Å². The summed E-state index contributed by atoms with van der Waals surface area (Å²) in [6, 6.07) is 17.0. The predicted molar refractivity (Wildman–Crippen MR) is 91.9 cm³/mol. The van der Waals surface area contributed by atoms with E-state index in [-0.39, 0.29) is 0 Å². The number of hydrogen-bond acceptors (Lipinski definition) is 4. The molecule has 1 aliphatic rings. The van der Waals surface area contributed by atoms with Gasteiger partial charge in [0.1, 0.15) is 5.82 Å². The minimum atomic E-state index is 0.526. The van der Waals surface area contributed by atoms with Crippen LogP contribution in [-0.4, -0.2) is 17.1 Å². The van der Waals surface area contributed by atoms with Crippen LogP contribution in [-0.2, 0) is 6.54 Å². The zero-order valence-electron chi connectivity index (χ0n) is 13.2. The number of anilines is 1. The van der Waals surface area contributed by atoms with Gasteiger partial charge in [-0.2, -0.15) is 5.26 Å². The van der Waals surface area contributed by atoms with Gasteiger partial charge in [-0.25, -0.2) is 4.98 Å². The van der Waals surface area contributed by atoms with Crippen LogP contribution in [0.15, 0.2) is 48.7 Å². The zero-order chi connectivity index (χ0) is 15.9. The van der Waals surface area contributed by atoms with Gasteiger partial charge in [0.25, 0.3) is 0 Å². The average molecular weight is 306 g/mol. The molecule has 1 fully saturated rings. The molecule has 0 spiro atoms. The quantitative estimate of drug-likeness (QED) is 0.888. The van der Waals surface area contributed by atoms with Crippen LogP contribution in [0.3, 0.4) is 0 Å². The maximum atomic E-state index is 8.82. The Balaban J connectivity index is 1.41. The van der Waals surface area contributed by atoms with Crippen molar-refractivity contribution in [3.8, 4) is 6.07 Å². The van der Waals surface area contributed by atoms with Crippen molar-refractivity contribution in [1.29, 1.82) is 5.26 Å². The van der Waals surface area contributed by atoms with Gasteiger partial charge in [0, 0.05) is 24.8 Å². The fraction of sp³-hybridized carbons (Fsp3) is 0.368. The molecular weight excluding hydrogens is 284 g/mol. The van der Waals surface area contributed by atoms with E-state index in [0.717, 1.165) is 17.9 Å². The molecule has 118 valence electrons. The van der Waals surface area contributed by atoms with Gasteiger partial charge in [-0.1, -0.05) is 18.2 Å². The molecule has 1 aromatic heterocycles. The Kier molecular flexibility index (Phi) is 5.23. The second-order valence-electron chi connectivity index (χ2n) is 6.10. The number of benzene rings is 1. The monoisotopic (exact) mass is 306 g/mol. The van der Waals surface area contributed by atoms with Gasteiger partial charge in [0.15, 0.2) is 0 Å². The van der Waals surface area contributed by atoms with Crippen LogP contribution in [0, 0.1) is 11.3 Å². The molecule has 0 aliphatic heterocycles. The SMILES string of the molecule is N#Cc1ccc(CNC2CCC(Nc3ccccn3)CC2)cc1. The molecule has 0 radical (unpaired) electrons. The molecule has 2 N–H and O–H groups in total. The third-order valence-electron chi connectivity index (χ3n) is 4.42. The number of pyridine rings is 1.